The molecule has 5 heteroatoms. The van der Waals surface area contributed by atoms with Gasteiger partial charge in [0.25, 0.3) is 0 Å². The molecule has 1 rings (SSSR count). The van der Waals surface area contributed by atoms with Crippen LogP contribution in [0.1, 0.15) is 26.3 Å². The second-order valence-corrected chi connectivity index (χ2v) is 8.74. The minimum absolute atomic E-state index is 0.175. The van der Waals surface area contributed by atoms with Crippen molar-refractivity contribution in [2.45, 2.75) is 38.8 Å². The van der Waals surface area contributed by atoms with Gasteiger partial charge in [-0.25, -0.2) is 0 Å². The first kappa shape index (κ1) is 17.2. The van der Waals surface area contributed by atoms with Crippen molar-refractivity contribution in [1.29, 1.82) is 0 Å². The van der Waals surface area contributed by atoms with Crippen LogP contribution in [0.4, 0.5) is 0 Å². The lowest BCUT2D eigenvalue weighted by Crippen LogP contribution is -2.43. The van der Waals surface area contributed by atoms with Gasteiger partial charge in [-0.2, -0.15) is 0 Å². The molecule has 0 aliphatic rings. The third kappa shape index (κ3) is 5.24. The van der Waals surface area contributed by atoms with Gasteiger partial charge in [0.1, 0.15) is 11.4 Å². The summed E-state index contributed by atoms with van der Waals surface area (Å²) in [7, 11) is 2.43. The summed E-state index contributed by atoms with van der Waals surface area (Å²) in [6, 6.07) is 8.89. The van der Waals surface area contributed by atoms with E-state index in [9.17, 15) is 0 Å². The second-order valence-electron chi connectivity index (χ2n) is 5.65. The van der Waals surface area contributed by atoms with Gasteiger partial charge in [-0.15, -0.1) is 0 Å². The molecular weight excluding hydrogens is 272 g/mol. The first-order valence-corrected chi connectivity index (χ1v) is 8.71. The van der Waals surface area contributed by atoms with Crippen LogP contribution in [0.2, 0.25) is 6.04 Å². The topological polar surface area (TPSA) is 36.9 Å². The highest BCUT2D eigenvalue weighted by Crippen LogP contribution is 2.21. The number of aryl methyl sites for hydroxylation is 1. The van der Waals surface area contributed by atoms with E-state index in [2.05, 4.69) is 12.1 Å². The zero-order chi connectivity index (χ0) is 15.2. The van der Waals surface area contributed by atoms with Gasteiger partial charge in [0.15, 0.2) is 0 Å². The molecule has 4 nitrogen and oxygen atoms in total. The van der Waals surface area contributed by atoms with E-state index >= 15 is 0 Å². The molecule has 0 bridgehead atoms. The molecule has 0 aliphatic heterocycles. The van der Waals surface area contributed by atoms with Crippen molar-refractivity contribution in [1.82, 2.24) is 0 Å². The van der Waals surface area contributed by atoms with Gasteiger partial charge in [0.2, 0.25) is 0 Å². The van der Waals surface area contributed by atoms with Gasteiger partial charge in [-0.1, -0.05) is 12.1 Å². The van der Waals surface area contributed by atoms with Crippen LogP contribution in [0.5, 0.6) is 5.75 Å². The number of ether oxygens (including phenoxy) is 1. The minimum atomic E-state index is -2.48. The summed E-state index contributed by atoms with van der Waals surface area (Å²) in [6.45, 7) is 6.11. The Kier molecular flexibility index (Phi) is 6.20. The lowest BCUT2D eigenvalue weighted by molar-refractivity contribution is 0.123. The summed E-state index contributed by atoms with van der Waals surface area (Å²) in [5.41, 5.74) is 1.04. The quantitative estimate of drug-likeness (QED) is 0.724. The molecule has 0 N–H and O–H groups in total. The Bertz CT molecular complexity index is 385. The third-order valence-corrected chi connectivity index (χ3v) is 5.73. The van der Waals surface area contributed by atoms with Crippen LogP contribution >= 0.6 is 0 Å². The van der Waals surface area contributed by atoms with Crippen molar-refractivity contribution in [2.24, 2.45) is 0 Å². The normalized spacial score (nSPS) is 12.5. The van der Waals surface area contributed by atoms with Crippen molar-refractivity contribution in [3.63, 3.8) is 0 Å². The first-order valence-electron chi connectivity index (χ1n) is 6.77. The van der Waals surface area contributed by atoms with E-state index in [1.807, 2.05) is 32.9 Å². The Balaban J connectivity index is 2.62. The largest absolute Gasteiger partial charge is 0.500 e. The Morgan fingerprint density at radius 3 is 1.80 bits per heavy atom. The average molecular weight is 298 g/mol. The molecule has 0 saturated heterocycles. The number of benzene rings is 1. The number of hydrogen-bond acceptors (Lipinski definition) is 4. The lowest BCUT2D eigenvalue weighted by atomic mass is 10.1. The molecule has 1 aromatic rings. The summed E-state index contributed by atoms with van der Waals surface area (Å²) in [6.07, 6.45) is 0.859. The van der Waals surface area contributed by atoms with Crippen LogP contribution in [-0.2, 0) is 19.7 Å². The molecule has 0 unspecified atom stereocenters. The molecule has 0 fully saturated rings. The Hall–Kier alpha value is -0.883. The summed E-state index contributed by atoms with van der Waals surface area (Å²) in [5.74, 6) is 0.884. The summed E-state index contributed by atoms with van der Waals surface area (Å²) >= 11 is 0. The van der Waals surface area contributed by atoms with Gasteiger partial charge >= 0.3 is 8.80 Å². The van der Waals surface area contributed by atoms with Crippen LogP contribution < -0.4 is 4.74 Å². The lowest BCUT2D eigenvalue weighted by Gasteiger charge is -2.24. The Morgan fingerprint density at radius 2 is 1.40 bits per heavy atom. The van der Waals surface area contributed by atoms with E-state index < -0.39 is 8.80 Å². The molecule has 0 aliphatic carbocycles. The summed E-state index contributed by atoms with van der Waals surface area (Å²) < 4.78 is 22.1. The van der Waals surface area contributed by atoms with Gasteiger partial charge in [0.05, 0.1) is 0 Å². The smallest absolute Gasteiger partial charge is 0.488 e. The highest BCUT2D eigenvalue weighted by molar-refractivity contribution is 6.60. The molecule has 0 spiro atoms. The average Bonchev–Trinajstić information content (AvgIpc) is 2.41. The molecule has 0 saturated carbocycles. The molecular formula is C15H26O4Si. The maximum Gasteiger partial charge on any atom is 0.500 e. The predicted octanol–water partition coefficient (Wildman–Crippen LogP) is 3.28. The predicted molar refractivity (Wildman–Crippen MR) is 82.1 cm³/mol. The SMILES string of the molecule is CO[Si](CCc1ccc(OC(C)(C)C)cc1)(OC)OC. The minimum Gasteiger partial charge on any atom is -0.488 e. The van der Waals surface area contributed by atoms with E-state index in [0.29, 0.717) is 0 Å². The Labute approximate surface area is 123 Å². The molecule has 0 aromatic heterocycles. The van der Waals surface area contributed by atoms with Crippen LogP contribution in [-0.4, -0.2) is 35.7 Å². The van der Waals surface area contributed by atoms with Crippen molar-refractivity contribution < 1.29 is 18.0 Å². The second kappa shape index (κ2) is 7.22. The van der Waals surface area contributed by atoms with E-state index in [1.54, 1.807) is 21.3 Å². The monoisotopic (exact) mass is 298 g/mol. The van der Waals surface area contributed by atoms with E-state index in [4.69, 9.17) is 18.0 Å². The summed E-state index contributed by atoms with van der Waals surface area (Å²) in [5, 5.41) is 0. The zero-order valence-corrected chi connectivity index (χ0v) is 14.4. The molecule has 114 valence electrons. The van der Waals surface area contributed by atoms with Crippen molar-refractivity contribution in [3.8, 4) is 5.75 Å². The van der Waals surface area contributed by atoms with E-state index in [1.165, 1.54) is 5.56 Å². The fourth-order valence-corrected chi connectivity index (χ4v) is 3.64. The molecule has 0 heterocycles. The fourth-order valence-electron chi connectivity index (χ4n) is 1.93. The highest BCUT2D eigenvalue weighted by Gasteiger charge is 2.37. The maximum atomic E-state index is 5.80. The number of hydrogen-bond donors (Lipinski definition) is 0. The van der Waals surface area contributed by atoms with E-state index in [0.717, 1.165) is 18.2 Å². The first-order chi connectivity index (χ1) is 9.34. The molecule has 0 atom stereocenters. The van der Waals surface area contributed by atoms with Crippen LogP contribution in [0.25, 0.3) is 0 Å². The molecule has 1 aromatic carbocycles. The highest BCUT2D eigenvalue weighted by atomic mass is 28.4. The van der Waals surface area contributed by atoms with Crippen LogP contribution in [0, 0.1) is 0 Å². The molecule has 0 amide bonds. The van der Waals surface area contributed by atoms with Gasteiger partial charge < -0.3 is 18.0 Å². The van der Waals surface area contributed by atoms with Crippen molar-refractivity contribution >= 4 is 8.80 Å². The standard InChI is InChI=1S/C15H26O4Si/c1-15(2,3)19-14-9-7-13(8-10-14)11-12-20(16-4,17-5)18-6/h7-10H,11-12H2,1-6H3. The Morgan fingerprint density at radius 1 is 0.900 bits per heavy atom. The summed E-state index contributed by atoms with van der Waals surface area (Å²) in [4.78, 5) is 0. The van der Waals surface area contributed by atoms with Crippen molar-refractivity contribution in [3.05, 3.63) is 29.8 Å². The van der Waals surface area contributed by atoms with E-state index in [-0.39, 0.29) is 5.60 Å². The van der Waals surface area contributed by atoms with Gasteiger partial charge in [-0.3, -0.25) is 0 Å². The third-order valence-electron chi connectivity index (χ3n) is 3.00. The van der Waals surface area contributed by atoms with Crippen molar-refractivity contribution in [2.75, 3.05) is 21.3 Å². The van der Waals surface area contributed by atoms with Crippen LogP contribution in [0.15, 0.2) is 24.3 Å². The van der Waals surface area contributed by atoms with Gasteiger partial charge in [-0.05, 0) is 44.9 Å². The van der Waals surface area contributed by atoms with Crippen LogP contribution in [0.3, 0.4) is 0 Å². The number of rotatable bonds is 7. The zero-order valence-electron chi connectivity index (χ0n) is 13.4. The maximum absolute atomic E-state index is 5.80. The fraction of sp³-hybridized carbons (Fsp3) is 0.600. The van der Waals surface area contributed by atoms with Gasteiger partial charge in [0, 0.05) is 27.4 Å². The molecule has 0 radical (unpaired) electrons. The molecule has 20 heavy (non-hydrogen) atoms.